The van der Waals surface area contributed by atoms with Gasteiger partial charge in [-0.3, -0.25) is 0 Å². The van der Waals surface area contributed by atoms with Crippen LogP contribution in [0, 0.1) is 20.8 Å². The summed E-state index contributed by atoms with van der Waals surface area (Å²) in [5.41, 5.74) is 9.06. The number of rotatable bonds is 4. The fraction of sp³-hybridized carbons (Fsp3) is 0.357. The summed E-state index contributed by atoms with van der Waals surface area (Å²) in [6.45, 7) is 7.18. The minimum absolute atomic E-state index is 0.509. The van der Waals surface area contributed by atoms with E-state index in [2.05, 4.69) is 31.0 Å². The van der Waals surface area contributed by atoms with Gasteiger partial charge in [-0.05, 0) is 32.4 Å². The molecule has 0 aliphatic carbocycles. The summed E-state index contributed by atoms with van der Waals surface area (Å²) in [4.78, 5) is 5.59. The molecule has 18 heavy (non-hydrogen) atoms. The Morgan fingerprint density at radius 1 is 1.28 bits per heavy atom. The Labute approximate surface area is 112 Å². The molecule has 3 nitrogen and oxygen atoms in total. The number of aromatic nitrogens is 1. The SMILES string of the molecule is Cc1ccc(OCc2nc(C)c(CN)s2)c(C)c1. The molecule has 0 unspecified atom stereocenters. The van der Waals surface area contributed by atoms with Gasteiger partial charge in [-0.15, -0.1) is 11.3 Å². The van der Waals surface area contributed by atoms with Crippen LogP contribution in [0.2, 0.25) is 0 Å². The third-order valence-electron chi connectivity index (χ3n) is 2.80. The van der Waals surface area contributed by atoms with E-state index in [4.69, 9.17) is 10.5 Å². The number of aryl methyl sites for hydroxylation is 3. The van der Waals surface area contributed by atoms with Crippen LogP contribution in [0.4, 0.5) is 0 Å². The summed E-state index contributed by atoms with van der Waals surface area (Å²) in [5.74, 6) is 0.919. The molecule has 0 spiro atoms. The molecule has 1 aromatic carbocycles. The van der Waals surface area contributed by atoms with Gasteiger partial charge in [-0.2, -0.15) is 0 Å². The highest BCUT2D eigenvalue weighted by Gasteiger charge is 2.07. The molecule has 0 atom stereocenters. The largest absolute Gasteiger partial charge is 0.486 e. The van der Waals surface area contributed by atoms with Crippen LogP contribution >= 0.6 is 11.3 Å². The molecule has 0 aliphatic heterocycles. The zero-order valence-electron chi connectivity index (χ0n) is 11.0. The number of nitrogens with two attached hydrogens (primary N) is 1. The minimum atomic E-state index is 0.509. The van der Waals surface area contributed by atoms with Crippen molar-refractivity contribution in [3.63, 3.8) is 0 Å². The normalized spacial score (nSPS) is 10.7. The molecular weight excluding hydrogens is 244 g/mol. The predicted octanol–water partition coefficient (Wildman–Crippen LogP) is 3.11. The second-order valence-corrected chi connectivity index (χ2v) is 5.55. The van der Waals surface area contributed by atoms with Crippen molar-refractivity contribution in [2.75, 3.05) is 0 Å². The quantitative estimate of drug-likeness (QED) is 0.921. The van der Waals surface area contributed by atoms with Crippen LogP contribution in [0.3, 0.4) is 0 Å². The maximum absolute atomic E-state index is 5.80. The van der Waals surface area contributed by atoms with Crippen molar-refractivity contribution in [2.45, 2.75) is 33.9 Å². The van der Waals surface area contributed by atoms with E-state index in [1.54, 1.807) is 11.3 Å². The average Bonchev–Trinajstić information content (AvgIpc) is 2.69. The van der Waals surface area contributed by atoms with Crippen molar-refractivity contribution in [2.24, 2.45) is 5.73 Å². The molecule has 0 saturated carbocycles. The first kappa shape index (κ1) is 13.1. The molecule has 1 aromatic heterocycles. The zero-order valence-corrected chi connectivity index (χ0v) is 11.8. The third kappa shape index (κ3) is 2.89. The van der Waals surface area contributed by atoms with Gasteiger partial charge in [0.15, 0.2) is 0 Å². The Morgan fingerprint density at radius 2 is 2.06 bits per heavy atom. The van der Waals surface area contributed by atoms with Gasteiger partial charge in [0.1, 0.15) is 17.4 Å². The lowest BCUT2D eigenvalue weighted by atomic mass is 10.1. The van der Waals surface area contributed by atoms with Crippen LogP contribution in [0.1, 0.15) is 26.7 Å². The van der Waals surface area contributed by atoms with E-state index in [1.807, 2.05) is 13.0 Å². The van der Waals surface area contributed by atoms with Gasteiger partial charge in [-0.1, -0.05) is 17.7 Å². The first-order chi connectivity index (χ1) is 8.60. The second-order valence-electron chi connectivity index (χ2n) is 4.38. The summed E-state index contributed by atoms with van der Waals surface area (Å²) in [7, 11) is 0. The third-order valence-corrected chi connectivity index (χ3v) is 3.96. The van der Waals surface area contributed by atoms with Crippen molar-refractivity contribution < 1.29 is 4.74 Å². The Kier molecular flexibility index (Phi) is 3.99. The molecule has 2 aromatic rings. The van der Waals surface area contributed by atoms with Gasteiger partial charge in [0.05, 0.1) is 5.69 Å². The zero-order chi connectivity index (χ0) is 13.1. The molecule has 0 aliphatic rings. The van der Waals surface area contributed by atoms with E-state index >= 15 is 0 Å². The first-order valence-electron chi connectivity index (χ1n) is 5.95. The van der Waals surface area contributed by atoms with E-state index in [1.165, 1.54) is 5.56 Å². The number of hydrogen-bond donors (Lipinski definition) is 1. The van der Waals surface area contributed by atoms with Gasteiger partial charge in [0, 0.05) is 11.4 Å². The molecule has 0 radical (unpaired) electrons. The van der Waals surface area contributed by atoms with Gasteiger partial charge < -0.3 is 10.5 Å². The van der Waals surface area contributed by atoms with Gasteiger partial charge in [0.25, 0.3) is 0 Å². The smallest absolute Gasteiger partial charge is 0.140 e. The van der Waals surface area contributed by atoms with Crippen LogP contribution in [-0.2, 0) is 13.2 Å². The predicted molar refractivity (Wildman–Crippen MR) is 75.0 cm³/mol. The van der Waals surface area contributed by atoms with Crippen molar-refractivity contribution in [3.05, 3.63) is 44.9 Å². The Balaban J connectivity index is 2.06. The average molecular weight is 262 g/mol. The summed E-state index contributed by atoms with van der Waals surface area (Å²) in [6, 6.07) is 6.18. The standard InChI is InChI=1S/C14H18N2OS/c1-9-4-5-12(10(2)6-9)17-8-14-16-11(3)13(7-15)18-14/h4-6H,7-8,15H2,1-3H3. The van der Waals surface area contributed by atoms with Gasteiger partial charge in [0.2, 0.25) is 0 Å². The lowest BCUT2D eigenvalue weighted by Gasteiger charge is -2.07. The molecule has 0 fully saturated rings. The highest BCUT2D eigenvalue weighted by atomic mass is 32.1. The highest BCUT2D eigenvalue weighted by Crippen LogP contribution is 2.22. The topological polar surface area (TPSA) is 48.1 Å². The van der Waals surface area contributed by atoms with E-state index < -0.39 is 0 Å². The Hall–Kier alpha value is -1.39. The van der Waals surface area contributed by atoms with Crippen LogP contribution in [0.25, 0.3) is 0 Å². The number of hydrogen-bond acceptors (Lipinski definition) is 4. The molecule has 96 valence electrons. The summed E-state index contributed by atoms with van der Waals surface area (Å²) in [5, 5.41) is 0.980. The maximum atomic E-state index is 5.80. The molecule has 2 rings (SSSR count). The monoisotopic (exact) mass is 262 g/mol. The Morgan fingerprint density at radius 3 is 2.67 bits per heavy atom. The number of thiazole rings is 1. The molecule has 4 heteroatoms. The summed E-state index contributed by atoms with van der Waals surface area (Å²) >= 11 is 1.63. The highest BCUT2D eigenvalue weighted by molar-refractivity contribution is 7.11. The molecule has 0 bridgehead atoms. The van der Waals surface area contributed by atoms with Gasteiger partial charge in [-0.25, -0.2) is 4.98 Å². The van der Waals surface area contributed by atoms with E-state index in [-0.39, 0.29) is 0 Å². The lowest BCUT2D eigenvalue weighted by Crippen LogP contribution is -1.96. The van der Waals surface area contributed by atoms with Crippen LogP contribution in [0.15, 0.2) is 18.2 Å². The number of nitrogens with zero attached hydrogens (tertiary/aromatic N) is 1. The van der Waals surface area contributed by atoms with Crippen LogP contribution in [-0.4, -0.2) is 4.98 Å². The van der Waals surface area contributed by atoms with E-state index in [0.717, 1.165) is 26.9 Å². The number of benzene rings is 1. The van der Waals surface area contributed by atoms with Crippen molar-refractivity contribution >= 4 is 11.3 Å². The fourth-order valence-electron chi connectivity index (χ4n) is 1.84. The lowest BCUT2D eigenvalue weighted by molar-refractivity contribution is 0.303. The molecule has 0 amide bonds. The maximum Gasteiger partial charge on any atom is 0.140 e. The van der Waals surface area contributed by atoms with E-state index in [0.29, 0.717) is 13.2 Å². The van der Waals surface area contributed by atoms with Crippen molar-refractivity contribution in [3.8, 4) is 5.75 Å². The van der Waals surface area contributed by atoms with Crippen LogP contribution in [0.5, 0.6) is 5.75 Å². The fourth-order valence-corrected chi connectivity index (χ4v) is 2.70. The molecular formula is C14H18N2OS. The molecule has 1 heterocycles. The first-order valence-corrected chi connectivity index (χ1v) is 6.77. The second kappa shape index (κ2) is 5.50. The summed E-state index contributed by atoms with van der Waals surface area (Å²) in [6.07, 6.45) is 0. The molecule has 0 saturated heterocycles. The Bertz CT molecular complexity index is 549. The van der Waals surface area contributed by atoms with Crippen LogP contribution < -0.4 is 10.5 Å². The van der Waals surface area contributed by atoms with Gasteiger partial charge >= 0.3 is 0 Å². The number of ether oxygens (including phenoxy) is 1. The van der Waals surface area contributed by atoms with Crippen molar-refractivity contribution in [1.82, 2.24) is 4.98 Å². The molecule has 2 N–H and O–H groups in total. The summed E-state index contributed by atoms with van der Waals surface area (Å²) < 4.78 is 5.80. The van der Waals surface area contributed by atoms with E-state index in [9.17, 15) is 0 Å². The van der Waals surface area contributed by atoms with Crippen molar-refractivity contribution in [1.29, 1.82) is 0 Å². The minimum Gasteiger partial charge on any atom is -0.486 e.